The molecule has 98 valence electrons. The first-order valence-corrected chi connectivity index (χ1v) is 6.40. The van der Waals surface area contributed by atoms with Gasteiger partial charge in [-0.3, -0.25) is 0 Å². The van der Waals surface area contributed by atoms with Crippen LogP contribution >= 0.6 is 0 Å². The maximum Gasteiger partial charge on any atom is 0.111 e. The molecule has 0 amide bonds. The normalized spacial score (nSPS) is 15.2. The Labute approximate surface area is 104 Å². The van der Waals surface area contributed by atoms with Crippen LogP contribution in [0, 0.1) is 0 Å². The van der Waals surface area contributed by atoms with Gasteiger partial charge in [0.25, 0.3) is 0 Å². The van der Waals surface area contributed by atoms with E-state index in [1.807, 2.05) is 12.4 Å². The van der Waals surface area contributed by atoms with Gasteiger partial charge in [0.1, 0.15) is 5.82 Å². The molecule has 0 saturated carbocycles. The molecule has 4 heteroatoms. The predicted octanol–water partition coefficient (Wildman–Crippen LogP) is 1.89. The summed E-state index contributed by atoms with van der Waals surface area (Å²) in [7, 11) is 0. The van der Waals surface area contributed by atoms with E-state index >= 15 is 0 Å². The molecule has 1 heterocycles. The molecular weight excluding hydrogens is 214 g/mol. The lowest BCUT2D eigenvalue weighted by atomic mass is 9.99. The monoisotopic (exact) mass is 239 g/mol. The number of nitrogens with zero attached hydrogens (tertiary/aromatic N) is 2. The maximum absolute atomic E-state index is 9.78. The van der Waals surface area contributed by atoms with Gasteiger partial charge in [0.05, 0.1) is 5.60 Å². The van der Waals surface area contributed by atoms with Crippen LogP contribution in [0.1, 0.15) is 51.8 Å². The molecule has 4 nitrogen and oxygen atoms in total. The maximum atomic E-state index is 9.78. The predicted molar refractivity (Wildman–Crippen MR) is 69.8 cm³/mol. The van der Waals surface area contributed by atoms with Gasteiger partial charge in [-0.05, 0) is 26.2 Å². The Morgan fingerprint density at radius 1 is 1.47 bits per heavy atom. The van der Waals surface area contributed by atoms with Gasteiger partial charge in [-0.1, -0.05) is 13.8 Å². The molecule has 0 aliphatic carbocycles. The Morgan fingerprint density at radius 3 is 2.76 bits per heavy atom. The van der Waals surface area contributed by atoms with Crippen molar-refractivity contribution in [1.29, 1.82) is 0 Å². The van der Waals surface area contributed by atoms with E-state index in [4.69, 9.17) is 5.73 Å². The molecule has 3 N–H and O–H groups in total. The van der Waals surface area contributed by atoms with Crippen LogP contribution in [0.15, 0.2) is 12.4 Å². The molecular formula is C13H25N3O. The Bertz CT molecular complexity index is 331. The molecule has 0 saturated heterocycles. The van der Waals surface area contributed by atoms with E-state index in [1.54, 1.807) is 6.92 Å². The lowest BCUT2D eigenvalue weighted by molar-refractivity contribution is 0.0569. The van der Waals surface area contributed by atoms with Crippen molar-refractivity contribution in [3.8, 4) is 0 Å². The SMILES string of the molecule is CC(C)c1nccn1CCCCC(C)(O)CN. The van der Waals surface area contributed by atoms with Crippen LogP contribution in [-0.2, 0) is 6.54 Å². The van der Waals surface area contributed by atoms with Gasteiger partial charge < -0.3 is 15.4 Å². The Balaban J connectivity index is 2.34. The van der Waals surface area contributed by atoms with Crippen molar-refractivity contribution in [2.75, 3.05) is 6.54 Å². The highest BCUT2D eigenvalue weighted by Gasteiger charge is 2.16. The third kappa shape index (κ3) is 4.48. The number of hydrogen-bond donors (Lipinski definition) is 2. The largest absolute Gasteiger partial charge is 0.389 e. The standard InChI is InChI=1S/C13H25N3O/c1-11(2)12-15-7-9-16(12)8-5-4-6-13(3,17)10-14/h7,9,11,17H,4-6,8,10,14H2,1-3H3. The van der Waals surface area contributed by atoms with Crippen molar-refractivity contribution in [3.63, 3.8) is 0 Å². The molecule has 1 unspecified atom stereocenters. The van der Waals surface area contributed by atoms with Crippen LogP contribution in [-0.4, -0.2) is 26.8 Å². The second kappa shape index (κ2) is 6.17. The first-order chi connectivity index (χ1) is 7.96. The molecule has 0 bridgehead atoms. The van der Waals surface area contributed by atoms with Crippen LogP contribution < -0.4 is 5.73 Å². The molecule has 1 atom stereocenters. The lowest BCUT2D eigenvalue weighted by Crippen LogP contribution is -2.33. The number of aliphatic hydroxyl groups is 1. The highest BCUT2D eigenvalue weighted by molar-refractivity contribution is 4.97. The second-order valence-electron chi connectivity index (χ2n) is 5.29. The third-order valence-corrected chi connectivity index (χ3v) is 3.07. The molecule has 0 spiro atoms. The van der Waals surface area contributed by atoms with E-state index in [2.05, 4.69) is 23.4 Å². The fraction of sp³-hybridized carbons (Fsp3) is 0.769. The molecule has 1 aromatic heterocycles. The fourth-order valence-electron chi connectivity index (χ4n) is 1.90. The topological polar surface area (TPSA) is 64.1 Å². The first-order valence-electron chi connectivity index (χ1n) is 6.40. The van der Waals surface area contributed by atoms with Gasteiger partial charge >= 0.3 is 0 Å². The van der Waals surface area contributed by atoms with E-state index in [0.717, 1.165) is 31.6 Å². The number of unbranched alkanes of at least 4 members (excludes halogenated alkanes) is 1. The number of rotatable bonds is 7. The Kier molecular flexibility index (Phi) is 5.15. The summed E-state index contributed by atoms with van der Waals surface area (Å²) in [5, 5.41) is 9.78. The van der Waals surface area contributed by atoms with Crippen LogP contribution in [0.3, 0.4) is 0 Å². The van der Waals surface area contributed by atoms with Crippen molar-refractivity contribution in [3.05, 3.63) is 18.2 Å². The summed E-state index contributed by atoms with van der Waals surface area (Å²) in [6.45, 7) is 7.39. The van der Waals surface area contributed by atoms with Crippen molar-refractivity contribution >= 4 is 0 Å². The molecule has 1 rings (SSSR count). The van der Waals surface area contributed by atoms with Gasteiger partial charge in [-0.2, -0.15) is 0 Å². The minimum absolute atomic E-state index is 0.329. The summed E-state index contributed by atoms with van der Waals surface area (Å²) in [5.74, 6) is 1.59. The lowest BCUT2D eigenvalue weighted by Gasteiger charge is -2.20. The molecule has 0 aliphatic rings. The smallest absolute Gasteiger partial charge is 0.111 e. The summed E-state index contributed by atoms with van der Waals surface area (Å²) in [6.07, 6.45) is 6.67. The number of aromatic nitrogens is 2. The highest BCUT2D eigenvalue weighted by Crippen LogP contribution is 2.15. The summed E-state index contributed by atoms with van der Waals surface area (Å²) in [5.41, 5.74) is 4.77. The zero-order valence-corrected chi connectivity index (χ0v) is 11.2. The Hall–Kier alpha value is -0.870. The molecule has 0 aromatic carbocycles. The zero-order chi connectivity index (χ0) is 12.9. The minimum atomic E-state index is -0.712. The van der Waals surface area contributed by atoms with Crippen LogP contribution in [0.4, 0.5) is 0 Å². The zero-order valence-electron chi connectivity index (χ0n) is 11.2. The minimum Gasteiger partial charge on any atom is -0.389 e. The average molecular weight is 239 g/mol. The molecule has 1 aromatic rings. The van der Waals surface area contributed by atoms with E-state index in [9.17, 15) is 5.11 Å². The van der Waals surface area contributed by atoms with Gasteiger partial charge in [0.2, 0.25) is 0 Å². The van der Waals surface area contributed by atoms with Crippen molar-refractivity contribution < 1.29 is 5.11 Å². The van der Waals surface area contributed by atoms with Crippen LogP contribution in [0.25, 0.3) is 0 Å². The summed E-state index contributed by atoms with van der Waals surface area (Å²) >= 11 is 0. The number of aryl methyl sites for hydroxylation is 1. The van der Waals surface area contributed by atoms with E-state index < -0.39 is 5.60 Å². The summed E-state index contributed by atoms with van der Waals surface area (Å²) < 4.78 is 2.20. The summed E-state index contributed by atoms with van der Waals surface area (Å²) in [6, 6.07) is 0. The first kappa shape index (κ1) is 14.2. The van der Waals surface area contributed by atoms with E-state index in [-0.39, 0.29) is 0 Å². The number of nitrogens with two attached hydrogens (primary N) is 1. The number of hydrogen-bond acceptors (Lipinski definition) is 3. The van der Waals surface area contributed by atoms with E-state index in [1.165, 1.54) is 0 Å². The Morgan fingerprint density at radius 2 is 2.18 bits per heavy atom. The van der Waals surface area contributed by atoms with Crippen molar-refractivity contribution in [1.82, 2.24) is 9.55 Å². The molecule has 0 aliphatic heterocycles. The summed E-state index contributed by atoms with van der Waals surface area (Å²) in [4.78, 5) is 4.35. The second-order valence-corrected chi connectivity index (χ2v) is 5.29. The molecule has 0 radical (unpaired) electrons. The van der Waals surface area contributed by atoms with Gasteiger partial charge in [-0.15, -0.1) is 0 Å². The van der Waals surface area contributed by atoms with Crippen LogP contribution in [0.5, 0.6) is 0 Å². The van der Waals surface area contributed by atoms with E-state index in [0.29, 0.717) is 12.5 Å². The quantitative estimate of drug-likeness (QED) is 0.714. The third-order valence-electron chi connectivity index (χ3n) is 3.07. The average Bonchev–Trinajstić information content (AvgIpc) is 2.73. The fourth-order valence-corrected chi connectivity index (χ4v) is 1.90. The van der Waals surface area contributed by atoms with Gasteiger partial charge in [0, 0.05) is 31.4 Å². The van der Waals surface area contributed by atoms with Crippen LogP contribution in [0.2, 0.25) is 0 Å². The molecule has 0 fully saturated rings. The van der Waals surface area contributed by atoms with Gasteiger partial charge in [-0.25, -0.2) is 4.98 Å². The van der Waals surface area contributed by atoms with Gasteiger partial charge in [0.15, 0.2) is 0 Å². The van der Waals surface area contributed by atoms with Crippen molar-refractivity contribution in [2.45, 2.75) is 58.1 Å². The number of imidazole rings is 1. The van der Waals surface area contributed by atoms with Crippen molar-refractivity contribution in [2.24, 2.45) is 5.73 Å². The highest BCUT2D eigenvalue weighted by atomic mass is 16.3. The molecule has 17 heavy (non-hydrogen) atoms.